The number of nitrogens with one attached hydrogen (secondary N) is 1. The Labute approximate surface area is 206 Å². The highest BCUT2D eigenvalue weighted by molar-refractivity contribution is 6.09. The lowest BCUT2D eigenvalue weighted by atomic mass is 10.0. The molecule has 1 aromatic carbocycles. The molecule has 190 valence electrons. The molecule has 2 aliphatic rings. The predicted molar refractivity (Wildman–Crippen MR) is 128 cm³/mol. The second-order valence-electron chi connectivity index (χ2n) is 9.92. The van der Waals surface area contributed by atoms with E-state index in [4.69, 9.17) is 4.74 Å². The zero-order valence-corrected chi connectivity index (χ0v) is 20.0. The first kappa shape index (κ1) is 24.1. The van der Waals surface area contributed by atoms with Crippen molar-refractivity contribution < 1.29 is 28.9 Å². The van der Waals surface area contributed by atoms with Crippen LogP contribution in [-0.4, -0.2) is 72.1 Å². The van der Waals surface area contributed by atoms with Crippen LogP contribution in [0, 0.1) is 0 Å². The molecule has 1 saturated carbocycles. The van der Waals surface area contributed by atoms with Crippen LogP contribution in [0.4, 0.5) is 10.1 Å². The van der Waals surface area contributed by atoms with Gasteiger partial charge >= 0.3 is 0 Å². The Morgan fingerprint density at radius 1 is 1.36 bits per heavy atom. The van der Waals surface area contributed by atoms with E-state index < -0.39 is 23.8 Å². The molecule has 2 aromatic heterocycles. The van der Waals surface area contributed by atoms with E-state index >= 15 is 0 Å². The molecule has 3 N–H and O–H groups in total. The summed E-state index contributed by atoms with van der Waals surface area (Å²) in [6.07, 6.45) is 3.98. The smallest absolute Gasteiger partial charge is 0.261 e. The van der Waals surface area contributed by atoms with Crippen molar-refractivity contribution >= 4 is 23.1 Å². The highest BCUT2D eigenvalue weighted by Gasteiger charge is 2.36. The number of anilines is 1. The van der Waals surface area contributed by atoms with Gasteiger partial charge in [0.2, 0.25) is 0 Å². The molecule has 36 heavy (non-hydrogen) atoms. The summed E-state index contributed by atoms with van der Waals surface area (Å²) in [6, 6.07) is 4.92. The first-order valence-electron chi connectivity index (χ1n) is 11.9. The Bertz CT molecular complexity index is 1320. The Kier molecular flexibility index (Phi) is 6.13. The molecule has 11 heteroatoms. The third kappa shape index (κ3) is 4.63. The molecule has 3 aromatic rings. The number of carbonyl (C=O) groups excluding carboxylic acids is 2. The minimum absolute atomic E-state index is 0.133. The molecule has 0 radical (unpaired) electrons. The maximum atomic E-state index is 14.5. The molecule has 1 aliphatic heterocycles. The van der Waals surface area contributed by atoms with Crippen molar-refractivity contribution in [2.45, 2.75) is 63.6 Å². The van der Waals surface area contributed by atoms with Gasteiger partial charge in [-0.3, -0.25) is 9.59 Å². The van der Waals surface area contributed by atoms with Crippen molar-refractivity contribution in [1.29, 1.82) is 0 Å². The Balaban J connectivity index is 1.45. The number of fused-ring (bicyclic) bond motifs is 2. The normalized spacial score (nSPS) is 20.6. The van der Waals surface area contributed by atoms with E-state index in [9.17, 15) is 24.2 Å². The minimum Gasteiger partial charge on any atom is -0.488 e. The van der Waals surface area contributed by atoms with Crippen LogP contribution in [0.2, 0.25) is 0 Å². The van der Waals surface area contributed by atoms with Crippen molar-refractivity contribution in [3.63, 3.8) is 0 Å². The fourth-order valence-electron chi connectivity index (χ4n) is 4.54. The van der Waals surface area contributed by atoms with E-state index in [1.165, 1.54) is 29.5 Å². The van der Waals surface area contributed by atoms with Crippen LogP contribution in [0.25, 0.3) is 5.65 Å². The molecular weight excluding hydrogens is 469 g/mol. The molecule has 10 nitrogen and oxygen atoms in total. The second-order valence-corrected chi connectivity index (χ2v) is 9.92. The number of aliphatic hydroxyl groups is 2. The van der Waals surface area contributed by atoms with Crippen molar-refractivity contribution in [3.05, 3.63) is 53.5 Å². The zero-order chi connectivity index (χ0) is 25.6. The third-order valence-electron chi connectivity index (χ3n) is 6.65. The van der Waals surface area contributed by atoms with Gasteiger partial charge in [-0.15, -0.1) is 0 Å². The molecule has 0 saturated heterocycles. The number of aliphatic hydroxyl groups excluding tert-OH is 1. The van der Waals surface area contributed by atoms with Crippen molar-refractivity contribution in [2.24, 2.45) is 0 Å². The van der Waals surface area contributed by atoms with Crippen molar-refractivity contribution in [3.8, 4) is 5.75 Å². The number of hydrogen-bond donors (Lipinski definition) is 3. The number of aromatic nitrogens is 3. The topological polar surface area (TPSA) is 129 Å². The number of hydrogen-bond acceptors (Lipinski definition) is 7. The number of alkyl halides is 1. The molecule has 1 aliphatic carbocycles. The number of carbonyl (C=O) groups is 2. The Hall–Kier alpha value is -3.57. The largest absolute Gasteiger partial charge is 0.488 e. The van der Waals surface area contributed by atoms with E-state index in [0.717, 1.165) is 0 Å². The van der Waals surface area contributed by atoms with Gasteiger partial charge in [0.15, 0.2) is 5.65 Å². The van der Waals surface area contributed by atoms with E-state index in [0.29, 0.717) is 47.5 Å². The summed E-state index contributed by atoms with van der Waals surface area (Å²) < 4.78 is 22.1. The van der Waals surface area contributed by atoms with E-state index in [-0.39, 0.29) is 30.7 Å². The average Bonchev–Trinajstić information content (AvgIpc) is 3.51. The summed E-state index contributed by atoms with van der Waals surface area (Å²) in [7, 11) is 0. The molecule has 1 fully saturated rings. The van der Waals surface area contributed by atoms with E-state index in [1.807, 2.05) is 0 Å². The van der Waals surface area contributed by atoms with Crippen LogP contribution >= 0.6 is 0 Å². The highest BCUT2D eigenvalue weighted by atomic mass is 19.1. The summed E-state index contributed by atoms with van der Waals surface area (Å²) >= 11 is 0. The SMILES string of the molecule is CC(C)(O)[C@H](F)CN1Cc2cc(NC(=O)c3cnn4cccnc34)c(O[C@H]3CC[C@@H](O)C3)cc2C1=O. The van der Waals surface area contributed by atoms with Gasteiger partial charge in [0.05, 0.1) is 30.1 Å². The van der Waals surface area contributed by atoms with Crippen LogP contribution in [-0.2, 0) is 6.54 Å². The van der Waals surface area contributed by atoms with Crippen LogP contribution < -0.4 is 10.1 Å². The second kappa shape index (κ2) is 9.14. The fourth-order valence-corrected chi connectivity index (χ4v) is 4.54. The van der Waals surface area contributed by atoms with Crippen LogP contribution in [0.5, 0.6) is 5.75 Å². The maximum absolute atomic E-state index is 14.5. The molecule has 2 amide bonds. The van der Waals surface area contributed by atoms with Gasteiger partial charge in [-0.25, -0.2) is 13.9 Å². The minimum atomic E-state index is -1.63. The first-order chi connectivity index (χ1) is 17.1. The lowest BCUT2D eigenvalue weighted by molar-refractivity contribution is -0.0159. The Morgan fingerprint density at radius 3 is 2.89 bits per heavy atom. The summed E-state index contributed by atoms with van der Waals surface area (Å²) in [5.41, 5.74) is 0.372. The number of nitrogens with zero attached hydrogens (tertiary/aromatic N) is 4. The number of halogens is 1. The van der Waals surface area contributed by atoms with E-state index in [2.05, 4.69) is 15.4 Å². The molecule has 0 bridgehead atoms. The third-order valence-corrected chi connectivity index (χ3v) is 6.65. The van der Waals surface area contributed by atoms with Crippen LogP contribution in [0.15, 0.2) is 36.8 Å². The highest BCUT2D eigenvalue weighted by Crippen LogP contribution is 2.37. The molecule has 0 unspecified atom stereocenters. The summed E-state index contributed by atoms with van der Waals surface area (Å²) in [6.45, 7) is 2.58. The van der Waals surface area contributed by atoms with Gasteiger partial charge in [-0.05, 0) is 50.5 Å². The van der Waals surface area contributed by atoms with Gasteiger partial charge in [-0.1, -0.05) is 0 Å². The molecular formula is C25H28FN5O5. The van der Waals surface area contributed by atoms with Crippen molar-refractivity contribution in [1.82, 2.24) is 19.5 Å². The maximum Gasteiger partial charge on any atom is 0.261 e. The number of ether oxygens (including phenoxy) is 1. The number of amides is 2. The predicted octanol–water partition coefficient (Wildman–Crippen LogP) is 2.34. The summed E-state index contributed by atoms with van der Waals surface area (Å²) in [5.74, 6) is -0.537. The van der Waals surface area contributed by atoms with Gasteiger partial charge < -0.3 is 25.2 Å². The van der Waals surface area contributed by atoms with Crippen LogP contribution in [0.1, 0.15) is 59.4 Å². The summed E-state index contributed by atoms with van der Waals surface area (Å²) in [4.78, 5) is 31.8. The number of rotatable bonds is 7. The van der Waals surface area contributed by atoms with Gasteiger partial charge in [-0.2, -0.15) is 5.10 Å². The monoisotopic (exact) mass is 497 g/mol. The van der Waals surface area contributed by atoms with Gasteiger partial charge in [0.1, 0.15) is 23.6 Å². The van der Waals surface area contributed by atoms with E-state index in [1.54, 1.807) is 30.6 Å². The lowest BCUT2D eigenvalue weighted by Gasteiger charge is -2.26. The molecule has 0 spiro atoms. The molecule has 3 atom stereocenters. The van der Waals surface area contributed by atoms with Gasteiger partial charge in [0.25, 0.3) is 11.8 Å². The number of benzene rings is 1. The fraction of sp³-hybridized carbons (Fsp3) is 0.440. The summed E-state index contributed by atoms with van der Waals surface area (Å²) in [5, 5.41) is 26.9. The first-order valence-corrected chi connectivity index (χ1v) is 11.9. The van der Waals surface area contributed by atoms with Crippen molar-refractivity contribution in [2.75, 3.05) is 11.9 Å². The van der Waals surface area contributed by atoms with Gasteiger partial charge in [0, 0.05) is 30.9 Å². The quantitative estimate of drug-likeness (QED) is 0.457. The Morgan fingerprint density at radius 2 is 2.17 bits per heavy atom. The molecule has 5 rings (SSSR count). The zero-order valence-electron chi connectivity index (χ0n) is 20.0. The lowest BCUT2D eigenvalue weighted by Crippen LogP contribution is -2.42. The molecule has 3 heterocycles. The standard InChI is InChI=1S/C25H28FN5O5/c1-25(2,35)21(26)13-30-12-14-8-19(29-23(33)18-11-28-31-7-3-6-27-22(18)31)20(10-17(14)24(30)34)36-16-5-4-15(32)9-16/h3,6-8,10-11,15-16,21,32,35H,4-5,9,12-13H2,1-2H3,(H,29,33)/t15-,16+,21-/m1/s1. The average molecular weight is 498 g/mol. The van der Waals surface area contributed by atoms with Crippen LogP contribution in [0.3, 0.4) is 0 Å².